The molecule has 0 fully saturated rings. The van der Waals surface area contributed by atoms with Crippen LogP contribution in [0.25, 0.3) is 75.2 Å². The first kappa shape index (κ1) is 28.3. The molecule has 5 nitrogen and oxygen atoms in total. The predicted molar refractivity (Wildman–Crippen MR) is 211 cm³/mol. The topological polar surface area (TPSA) is 63.0 Å². The lowest BCUT2D eigenvalue weighted by atomic mass is 10.00. The lowest BCUT2D eigenvalue weighted by Gasteiger charge is -2.23. The Bertz CT molecular complexity index is 3070. The van der Waals surface area contributed by atoms with Gasteiger partial charge in [-0.1, -0.05) is 109 Å². The predicted octanol–water partition coefficient (Wildman–Crippen LogP) is 12.0. The average Bonchev–Trinajstić information content (AvgIpc) is 3.88. The SMILES string of the molecule is c1ccc(C2=NC(c3ccc4c(c3)sc3ccc(-c5cccc6c5oc5ccccc56)cc34)=NC(c3ccc4oc5ccccc5c4c3)N2)cc1. The highest BCUT2D eigenvalue weighted by Crippen LogP contribution is 2.41. The van der Waals surface area contributed by atoms with Crippen LogP contribution in [0.15, 0.2) is 170 Å². The van der Waals surface area contributed by atoms with Crippen LogP contribution in [-0.2, 0) is 0 Å². The van der Waals surface area contributed by atoms with Crippen molar-refractivity contribution < 1.29 is 8.83 Å². The van der Waals surface area contributed by atoms with Crippen LogP contribution in [-0.4, -0.2) is 11.7 Å². The summed E-state index contributed by atoms with van der Waals surface area (Å²) in [7, 11) is 0. The van der Waals surface area contributed by atoms with E-state index in [1.807, 2.05) is 54.6 Å². The van der Waals surface area contributed by atoms with Crippen LogP contribution in [0.4, 0.5) is 0 Å². The van der Waals surface area contributed by atoms with Crippen molar-refractivity contribution in [3.8, 4) is 11.1 Å². The Balaban J connectivity index is 1.02. The summed E-state index contributed by atoms with van der Waals surface area (Å²) in [5, 5.41) is 10.5. The molecule has 0 amide bonds. The Morgan fingerprint density at radius 3 is 2.12 bits per heavy atom. The minimum Gasteiger partial charge on any atom is -0.456 e. The summed E-state index contributed by atoms with van der Waals surface area (Å²) in [5.74, 6) is 1.50. The van der Waals surface area contributed by atoms with E-state index in [2.05, 4.69) is 102 Å². The summed E-state index contributed by atoms with van der Waals surface area (Å²) in [5.41, 5.74) is 8.86. The summed E-state index contributed by atoms with van der Waals surface area (Å²) >= 11 is 1.80. The number of furan rings is 2. The number of para-hydroxylation sites is 3. The van der Waals surface area contributed by atoms with Gasteiger partial charge in [-0.15, -0.1) is 11.3 Å². The molecular formula is C45H27N3O2S. The van der Waals surface area contributed by atoms with Crippen molar-refractivity contribution in [2.75, 3.05) is 0 Å². The molecule has 1 unspecified atom stereocenters. The third-order valence-electron chi connectivity index (χ3n) is 9.95. The van der Waals surface area contributed by atoms with Gasteiger partial charge in [-0.05, 0) is 53.6 Å². The van der Waals surface area contributed by atoms with Gasteiger partial charge in [0.15, 0.2) is 5.84 Å². The number of thiophene rings is 1. The second-order valence-corrected chi connectivity index (χ2v) is 14.1. The van der Waals surface area contributed by atoms with Gasteiger partial charge in [0.05, 0.1) is 0 Å². The Morgan fingerprint density at radius 1 is 0.490 bits per heavy atom. The minimum atomic E-state index is -0.326. The van der Waals surface area contributed by atoms with Crippen LogP contribution in [0.3, 0.4) is 0 Å². The number of fused-ring (bicyclic) bond motifs is 9. The van der Waals surface area contributed by atoms with Crippen LogP contribution in [0.2, 0.25) is 0 Å². The normalized spacial score (nSPS) is 14.9. The maximum atomic E-state index is 6.39. The van der Waals surface area contributed by atoms with E-state index >= 15 is 0 Å². The maximum absolute atomic E-state index is 6.39. The van der Waals surface area contributed by atoms with Gasteiger partial charge in [0.2, 0.25) is 0 Å². The number of nitrogens with zero attached hydrogens (tertiary/aromatic N) is 2. The molecular weight excluding hydrogens is 647 g/mol. The van der Waals surface area contributed by atoms with Gasteiger partial charge in [0.25, 0.3) is 0 Å². The van der Waals surface area contributed by atoms with E-state index in [1.165, 1.54) is 20.2 Å². The number of nitrogens with one attached hydrogen (secondary N) is 1. The number of hydrogen-bond acceptors (Lipinski definition) is 6. The molecule has 0 saturated carbocycles. The highest BCUT2D eigenvalue weighted by Gasteiger charge is 2.23. The van der Waals surface area contributed by atoms with Crippen molar-refractivity contribution in [3.05, 3.63) is 168 Å². The fourth-order valence-corrected chi connectivity index (χ4v) is 8.59. The highest BCUT2D eigenvalue weighted by atomic mass is 32.1. The largest absolute Gasteiger partial charge is 0.456 e. The molecule has 0 bridgehead atoms. The molecule has 0 spiro atoms. The molecule has 240 valence electrons. The van der Waals surface area contributed by atoms with Gasteiger partial charge in [0.1, 0.15) is 34.3 Å². The lowest BCUT2D eigenvalue weighted by molar-refractivity contribution is 0.663. The average molecular weight is 674 g/mol. The Kier molecular flexibility index (Phi) is 6.12. The van der Waals surface area contributed by atoms with Crippen LogP contribution in [0.1, 0.15) is 22.9 Å². The first-order valence-corrected chi connectivity index (χ1v) is 17.8. The van der Waals surface area contributed by atoms with E-state index < -0.39 is 0 Å². The second kappa shape index (κ2) is 11.0. The molecule has 10 aromatic rings. The molecule has 1 atom stereocenters. The summed E-state index contributed by atoms with van der Waals surface area (Å²) in [4.78, 5) is 10.3. The molecule has 7 aromatic carbocycles. The summed E-state index contributed by atoms with van der Waals surface area (Å²) in [6.45, 7) is 0. The fourth-order valence-electron chi connectivity index (χ4n) is 7.46. The van der Waals surface area contributed by atoms with E-state index in [-0.39, 0.29) is 6.17 Å². The third kappa shape index (κ3) is 4.54. The molecule has 1 aliphatic rings. The van der Waals surface area contributed by atoms with Crippen LogP contribution < -0.4 is 5.32 Å². The quantitative estimate of drug-likeness (QED) is 0.202. The van der Waals surface area contributed by atoms with Crippen molar-refractivity contribution in [2.45, 2.75) is 6.17 Å². The third-order valence-corrected chi connectivity index (χ3v) is 11.1. The van der Waals surface area contributed by atoms with Crippen molar-refractivity contribution in [1.82, 2.24) is 5.32 Å². The van der Waals surface area contributed by atoms with Crippen molar-refractivity contribution in [2.24, 2.45) is 9.98 Å². The van der Waals surface area contributed by atoms with E-state index in [9.17, 15) is 0 Å². The van der Waals surface area contributed by atoms with Crippen LogP contribution in [0.5, 0.6) is 0 Å². The zero-order chi connectivity index (χ0) is 33.5. The molecule has 1 aliphatic heterocycles. The van der Waals surface area contributed by atoms with Gasteiger partial charge in [-0.3, -0.25) is 0 Å². The summed E-state index contributed by atoms with van der Waals surface area (Å²) < 4.78 is 14.9. The van der Waals surface area contributed by atoms with E-state index in [4.69, 9.17) is 18.8 Å². The van der Waals surface area contributed by atoms with Crippen molar-refractivity contribution >= 4 is 87.1 Å². The van der Waals surface area contributed by atoms with Gasteiger partial charge < -0.3 is 14.2 Å². The first-order chi connectivity index (χ1) is 25.2. The standard InChI is InChI=1S/C45H27N3O2S/c1-2-9-26(10-3-1)43-46-44(28-18-21-39-35(24-28)32-12-5-6-15-37(32)49-39)48-45(47-43)29-17-20-33-36-23-27(19-22-40(36)51-41(33)25-29)30-13-8-14-34-31-11-4-7-16-38(31)50-42(30)34/h1-25,44H,(H,46,47,48). The fraction of sp³-hybridized carbons (Fsp3) is 0.0222. The zero-order valence-corrected chi connectivity index (χ0v) is 27.9. The zero-order valence-electron chi connectivity index (χ0n) is 27.1. The number of aliphatic imine (C=N–C) groups is 2. The Morgan fingerprint density at radius 2 is 1.24 bits per heavy atom. The second-order valence-electron chi connectivity index (χ2n) is 13.0. The maximum Gasteiger partial charge on any atom is 0.159 e. The van der Waals surface area contributed by atoms with Gasteiger partial charge >= 0.3 is 0 Å². The molecule has 3 aromatic heterocycles. The monoisotopic (exact) mass is 673 g/mol. The molecule has 4 heterocycles. The Hall–Kier alpha value is -6.50. The van der Waals surface area contributed by atoms with E-state index in [0.717, 1.165) is 77.5 Å². The first-order valence-electron chi connectivity index (χ1n) is 17.0. The summed E-state index contributed by atoms with van der Waals surface area (Å²) in [6, 6.07) is 52.8. The van der Waals surface area contributed by atoms with E-state index in [0.29, 0.717) is 5.84 Å². The van der Waals surface area contributed by atoms with Gasteiger partial charge in [0, 0.05) is 58.4 Å². The van der Waals surface area contributed by atoms with Crippen molar-refractivity contribution in [1.29, 1.82) is 0 Å². The molecule has 0 saturated heterocycles. The molecule has 1 N–H and O–H groups in total. The van der Waals surface area contributed by atoms with Gasteiger partial charge in [-0.25, -0.2) is 9.98 Å². The number of hydrogen-bond donors (Lipinski definition) is 1. The molecule has 6 heteroatoms. The Labute approximate surface area is 295 Å². The molecule has 51 heavy (non-hydrogen) atoms. The van der Waals surface area contributed by atoms with Crippen molar-refractivity contribution in [3.63, 3.8) is 0 Å². The number of rotatable bonds is 4. The molecule has 0 aliphatic carbocycles. The minimum absolute atomic E-state index is 0.326. The van der Waals surface area contributed by atoms with Gasteiger partial charge in [-0.2, -0.15) is 0 Å². The summed E-state index contributed by atoms with van der Waals surface area (Å²) in [6.07, 6.45) is -0.326. The molecule has 0 radical (unpaired) electrons. The smallest absolute Gasteiger partial charge is 0.159 e. The van der Waals surface area contributed by atoms with E-state index in [1.54, 1.807) is 11.3 Å². The van der Waals surface area contributed by atoms with Crippen LogP contribution in [0, 0.1) is 0 Å². The number of amidine groups is 2. The molecule has 11 rings (SSSR count). The van der Waals surface area contributed by atoms with Crippen LogP contribution >= 0.6 is 11.3 Å². The number of benzene rings is 7. The lowest BCUT2D eigenvalue weighted by Crippen LogP contribution is -2.33. The highest BCUT2D eigenvalue weighted by molar-refractivity contribution is 7.25.